The van der Waals surface area contributed by atoms with E-state index in [9.17, 15) is 9.59 Å². The molecule has 0 fully saturated rings. The standard InChI is InChI=1S/C20H19N3O4/c1-26-18-10-6-5-9-17(18)19(24)22-15-11-21-23(13-15)12-14-7-3-4-8-16(14)20(25)27-2/h3-11,13H,12H2,1-2H3,(H,22,24). The average molecular weight is 365 g/mol. The molecule has 0 aliphatic heterocycles. The maximum Gasteiger partial charge on any atom is 0.338 e. The molecule has 2 aromatic carbocycles. The Morgan fingerprint density at radius 1 is 1.04 bits per heavy atom. The fourth-order valence-corrected chi connectivity index (χ4v) is 2.69. The molecule has 1 N–H and O–H groups in total. The van der Waals surface area contributed by atoms with Crippen LogP contribution in [0.3, 0.4) is 0 Å². The Balaban J connectivity index is 1.74. The van der Waals surface area contributed by atoms with Crippen molar-refractivity contribution in [1.82, 2.24) is 9.78 Å². The molecule has 0 aliphatic rings. The van der Waals surface area contributed by atoms with Gasteiger partial charge in [0, 0.05) is 6.20 Å². The van der Waals surface area contributed by atoms with E-state index >= 15 is 0 Å². The van der Waals surface area contributed by atoms with E-state index in [0.29, 0.717) is 29.1 Å². The monoisotopic (exact) mass is 365 g/mol. The largest absolute Gasteiger partial charge is 0.496 e. The van der Waals surface area contributed by atoms with Crippen LogP contribution in [-0.2, 0) is 11.3 Å². The number of nitrogens with zero attached hydrogens (tertiary/aromatic N) is 2. The quantitative estimate of drug-likeness (QED) is 0.679. The van der Waals surface area contributed by atoms with Crippen LogP contribution in [0.1, 0.15) is 26.3 Å². The SMILES string of the molecule is COC(=O)c1ccccc1Cn1cc(NC(=O)c2ccccc2OC)cn1. The van der Waals surface area contributed by atoms with E-state index in [-0.39, 0.29) is 5.91 Å². The molecule has 7 heteroatoms. The lowest BCUT2D eigenvalue weighted by molar-refractivity contribution is 0.0599. The predicted molar refractivity (Wildman–Crippen MR) is 100 cm³/mol. The van der Waals surface area contributed by atoms with Gasteiger partial charge in [-0.15, -0.1) is 0 Å². The van der Waals surface area contributed by atoms with Gasteiger partial charge in [-0.3, -0.25) is 9.48 Å². The molecule has 3 aromatic rings. The summed E-state index contributed by atoms with van der Waals surface area (Å²) in [6.07, 6.45) is 3.25. The Morgan fingerprint density at radius 2 is 1.74 bits per heavy atom. The molecule has 0 atom stereocenters. The molecular weight excluding hydrogens is 346 g/mol. The Hall–Kier alpha value is -3.61. The zero-order chi connectivity index (χ0) is 19.2. The summed E-state index contributed by atoms with van der Waals surface area (Å²) in [6, 6.07) is 14.1. The first kappa shape index (κ1) is 18.2. The van der Waals surface area contributed by atoms with Gasteiger partial charge in [0.25, 0.3) is 5.91 Å². The molecule has 0 saturated carbocycles. The van der Waals surface area contributed by atoms with Gasteiger partial charge < -0.3 is 14.8 Å². The molecule has 27 heavy (non-hydrogen) atoms. The smallest absolute Gasteiger partial charge is 0.338 e. The number of rotatable bonds is 6. The van der Waals surface area contributed by atoms with Gasteiger partial charge in [-0.1, -0.05) is 30.3 Å². The maximum absolute atomic E-state index is 12.5. The number of ether oxygens (including phenoxy) is 2. The van der Waals surface area contributed by atoms with E-state index in [0.717, 1.165) is 5.56 Å². The van der Waals surface area contributed by atoms with Crippen LogP contribution in [0.5, 0.6) is 5.75 Å². The summed E-state index contributed by atoms with van der Waals surface area (Å²) < 4.78 is 11.7. The molecule has 0 saturated heterocycles. The van der Waals surface area contributed by atoms with Crippen LogP contribution < -0.4 is 10.1 Å². The summed E-state index contributed by atoms with van der Waals surface area (Å²) in [6.45, 7) is 0.371. The van der Waals surface area contributed by atoms with Crippen molar-refractivity contribution in [2.24, 2.45) is 0 Å². The number of hydrogen-bond donors (Lipinski definition) is 1. The van der Waals surface area contributed by atoms with Crippen molar-refractivity contribution in [3.8, 4) is 5.75 Å². The van der Waals surface area contributed by atoms with Crippen LogP contribution in [0.2, 0.25) is 0 Å². The molecule has 7 nitrogen and oxygen atoms in total. The van der Waals surface area contributed by atoms with Crippen LogP contribution in [-0.4, -0.2) is 35.9 Å². The van der Waals surface area contributed by atoms with Gasteiger partial charge >= 0.3 is 5.97 Å². The van der Waals surface area contributed by atoms with Crippen LogP contribution in [0.25, 0.3) is 0 Å². The Morgan fingerprint density at radius 3 is 2.48 bits per heavy atom. The Labute approximate surface area is 156 Å². The molecule has 0 aliphatic carbocycles. The zero-order valence-corrected chi connectivity index (χ0v) is 15.0. The lowest BCUT2D eigenvalue weighted by Crippen LogP contribution is -2.12. The van der Waals surface area contributed by atoms with E-state index in [4.69, 9.17) is 9.47 Å². The molecule has 0 spiro atoms. The molecule has 3 rings (SSSR count). The van der Waals surface area contributed by atoms with Gasteiger partial charge in [-0.05, 0) is 23.8 Å². The molecule has 138 valence electrons. The number of carbonyl (C=O) groups is 2. The Bertz CT molecular complexity index is 965. The lowest BCUT2D eigenvalue weighted by atomic mass is 10.1. The third-order valence-electron chi connectivity index (χ3n) is 4.00. The summed E-state index contributed by atoms with van der Waals surface area (Å²) in [5.74, 6) is -0.196. The van der Waals surface area contributed by atoms with Crippen LogP contribution in [0.15, 0.2) is 60.9 Å². The second-order valence-electron chi connectivity index (χ2n) is 5.73. The van der Waals surface area contributed by atoms with E-state index in [1.165, 1.54) is 14.2 Å². The third kappa shape index (κ3) is 4.14. The number of carbonyl (C=O) groups excluding carboxylic acids is 2. The fourth-order valence-electron chi connectivity index (χ4n) is 2.69. The zero-order valence-electron chi connectivity index (χ0n) is 15.0. The van der Waals surface area contributed by atoms with E-state index < -0.39 is 5.97 Å². The van der Waals surface area contributed by atoms with Gasteiger partial charge in [0.1, 0.15) is 5.75 Å². The summed E-state index contributed by atoms with van der Waals surface area (Å²) in [5.41, 5.74) is 2.23. The first-order valence-corrected chi connectivity index (χ1v) is 8.25. The van der Waals surface area contributed by atoms with Gasteiger partial charge in [0.2, 0.25) is 0 Å². The summed E-state index contributed by atoms with van der Waals surface area (Å²) in [7, 11) is 2.86. The van der Waals surface area contributed by atoms with Crippen molar-refractivity contribution in [2.75, 3.05) is 19.5 Å². The molecule has 0 radical (unpaired) electrons. The van der Waals surface area contributed by atoms with Crippen molar-refractivity contribution in [2.45, 2.75) is 6.54 Å². The number of methoxy groups -OCH3 is 2. The number of para-hydroxylation sites is 1. The van der Waals surface area contributed by atoms with Crippen LogP contribution >= 0.6 is 0 Å². The first-order chi connectivity index (χ1) is 13.1. The van der Waals surface area contributed by atoms with Gasteiger partial charge in [-0.2, -0.15) is 5.10 Å². The maximum atomic E-state index is 12.5. The highest BCUT2D eigenvalue weighted by Crippen LogP contribution is 2.19. The minimum Gasteiger partial charge on any atom is -0.496 e. The summed E-state index contributed by atoms with van der Waals surface area (Å²) in [5, 5.41) is 7.04. The number of anilines is 1. The lowest BCUT2D eigenvalue weighted by Gasteiger charge is -2.08. The van der Waals surface area contributed by atoms with Crippen LogP contribution in [0, 0.1) is 0 Å². The minimum absolute atomic E-state index is 0.290. The highest BCUT2D eigenvalue weighted by atomic mass is 16.5. The Kier molecular flexibility index (Phi) is 5.51. The number of amides is 1. The summed E-state index contributed by atoms with van der Waals surface area (Å²) >= 11 is 0. The normalized spacial score (nSPS) is 10.3. The minimum atomic E-state index is -0.401. The van der Waals surface area contributed by atoms with Crippen molar-refractivity contribution in [3.05, 3.63) is 77.6 Å². The number of esters is 1. The molecule has 1 amide bonds. The highest BCUT2D eigenvalue weighted by Gasteiger charge is 2.14. The molecule has 0 bridgehead atoms. The number of hydrogen-bond acceptors (Lipinski definition) is 5. The predicted octanol–water partition coefficient (Wildman–Crippen LogP) is 2.98. The highest BCUT2D eigenvalue weighted by molar-refractivity contribution is 6.06. The van der Waals surface area contributed by atoms with Crippen molar-refractivity contribution in [1.29, 1.82) is 0 Å². The second kappa shape index (κ2) is 8.18. The summed E-state index contributed by atoms with van der Waals surface area (Å²) in [4.78, 5) is 24.3. The van der Waals surface area contributed by atoms with Crippen molar-refractivity contribution >= 4 is 17.6 Å². The van der Waals surface area contributed by atoms with Gasteiger partial charge in [-0.25, -0.2) is 4.79 Å². The van der Waals surface area contributed by atoms with E-state index in [1.807, 2.05) is 12.1 Å². The number of benzene rings is 2. The third-order valence-corrected chi connectivity index (χ3v) is 4.00. The molecular formula is C20H19N3O4. The van der Waals surface area contributed by atoms with E-state index in [2.05, 4.69) is 10.4 Å². The van der Waals surface area contributed by atoms with E-state index in [1.54, 1.807) is 53.5 Å². The van der Waals surface area contributed by atoms with Crippen molar-refractivity contribution in [3.63, 3.8) is 0 Å². The van der Waals surface area contributed by atoms with Crippen molar-refractivity contribution < 1.29 is 19.1 Å². The van der Waals surface area contributed by atoms with Gasteiger partial charge in [0.05, 0.1) is 43.8 Å². The fraction of sp³-hybridized carbons (Fsp3) is 0.150. The van der Waals surface area contributed by atoms with Gasteiger partial charge in [0.15, 0.2) is 0 Å². The average Bonchev–Trinajstić information content (AvgIpc) is 3.14. The first-order valence-electron chi connectivity index (χ1n) is 8.25. The molecule has 0 unspecified atom stereocenters. The van der Waals surface area contributed by atoms with Crippen LogP contribution in [0.4, 0.5) is 5.69 Å². The molecule has 1 heterocycles. The second-order valence-corrected chi connectivity index (χ2v) is 5.73. The number of nitrogens with one attached hydrogen (secondary N) is 1. The molecule has 1 aromatic heterocycles. The topological polar surface area (TPSA) is 82.5 Å². The number of aromatic nitrogens is 2.